The van der Waals surface area contributed by atoms with Crippen molar-refractivity contribution in [3.05, 3.63) is 59.3 Å². The number of fused-ring (bicyclic) bond motifs is 7. The maximum absolute atomic E-state index is 4.86. The lowest BCUT2D eigenvalue weighted by Crippen LogP contribution is -1.93. The molecule has 108 valence electrons. The second-order valence-corrected chi connectivity index (χ2v) is 6.27. The van der Waals surface area contributed by atoms with Gasteiger partial charge in [0.25, 0.3) is 0 Å². The zero-order valence-corrected chi connectivity index (χ0v) is 13.4. The van der Waals surface area contributed by atoms with Crippen molar-refractivity contribution in [2.75, 3.05) is 0 Å². The van der Waals surface area contributed by atoms with E-state index in [0.717, 1.165) is 48.3 Å². The van der Waals surface area contributed by atoms with Gasteiger partial charge < -0.3 is 0 Å². The van der Waals surface area contributed by atoms with Gasteiger partial charge in [0.05, 0.1) is 33.1 Å². The number of pyridine rings is 2. The molecule has 5 heteroatoms. The Morgan fingerprint density at radius 3 is 1.91 bits per heavy atom. The normalized spacial score (nSPS) is 11.7. The summed E-state index contributed by atoms with van der Waals surface area (Å²) in [5, 5.41) is 1.95. The Morgan fingerprint density at radius 2 is 1.26 bits per heavy atom. The van der Waals surface area contributed by atoms with Gasteiger partial charge >= 0.3 is 0 Å². The summed E-state index contributed by atoms with van der Waals surface area (Å²) in [7, 11) is 0. The van der Waals surface area contributed by atoms with Gasteiger partial charge in [0.1, 0.15) is 0 Å². The molecule has 0 fully saturated rings. The van der Waals surface area contributed by atoms with Crippen LogP contribution in [0, 0.1) is 0 Å². The van der Waals surface area contributed by atoms with Crippen LogP contribution < -0.4 is 0 Å². The molecule has 0 radical (unpaired) electrons. The van der Waals surface area contributed by atoms with Gasteiger partial charge in [-0.05, 0) is 42.5 Å². The molecule has 4 nitrogen and oxygen atoms in total. The van der Waals surface area contributed by atoms with E-state index in [1.165, 1.54) is 0 Å². The van der Waals surface area contributed by atoms with Crippen LogP contribution in [0.5, 0.6) is 0 Å². The van der Waals surface area contributed by atoms with E-state index in [1.54, 1.807) is 12.4 Å². The third-order valence-corrected chi connectivity index (χ3v) is 4.47. The molecule has 2 aromatic carbocycles. The van der Waals surface area contributed by atoms with E-state index in [2.05, 4.69) is 25.9 Å². The lowest BCUT2D eigenvalue weighted by Gasteiger charge is -2.08. The maximum atomic E-state index is 4.86. The van der Waals surface area contributed by atoms with Gasteiger partial charge in [-0.3, -0.25) is 9.97 Å². The first-order chi connectivity index (χ1) is 11.3. The standard InChI is InChI=1S/C18H9BrN4/c19-10-5-6-13-14(9-10)23-18-12-4-2-8-21-16(12)15-11(17(18)22-13)3-1-7-20-15/h1-9H. The molecule has 0 aliphatic heterocycles. The SMILES string of the molecule is Brc1ccc2nc3c4cccnc4c4ncccc4c3nc2c1. The zero-order valence-electron chi connectivity index (χ0n) is 11.9. The van der Waals surface area contributed by atoms with Crippen LogP contribution in [0.1, 0.15) is 0 Å². The molecular formula is C18H9BrN4. The molecule has 0 spiro atoms. The molecule has 0 aliphatic carbocycles. The molecular weight excluding hydrogens is 352 g/mol. The van der Waals surface area contributed by atoms with E-state index in [9.17, 15) is 0 Å². The lowest BCUT2D eigenvalue weighted by molar-refractivity contribution is 1.36. The molecule has 0 N–H and O–H groups in total. The minimum atomic E-state index is 0.860. The Balaban J connectivity index is 2.14. The Kier molecular flexibility index (Phi) is 2.60. The fourth-order valence-corrected chi connectivity index (χ4v) is 3.32. The van der Waals surface area contributed by atoms with Crippen LogP contribution in [-0.4, -0.2) is 19.9 Å². The van der Waals surface area contributed by atoms with Gasteiger partial charge in [0, 0.05) is 27.6 Å². The van der Waals surface area contributed by atoms with Gasteiger partial charge in [0.15, 0.2) is 0 Å². The van der Waals surface area contributed by atoms with Crippen LogP contribution >= 0.6 is 15.9 Å². The largest absolute Gasteiger partial charge is 0.254 e. The van der Waals surface area contributed by atoms with Crippen LogP contribution in [0.3, 0.4) is 0 Å². The Hall–Kier alpha value is -2.66. The summed E-state index contributed by atoms with van der Waals surface area (Å²) in [4.78, 5) is 18.7. The Morgan fingerprint density at radius 1 is 0.652 bits per heavy atom. The van der Waals surface area contributed by atoms with Crippen molar-refractivity contribution in [2.24, 2.45) is 0 Å². The highest BCUT2D eigenvalue weighted by atomic mass is 79.9. The first-order valence-corrected chi connectivity index (χ1v) is 7.99. The number of nitrogens with zero attached hydrogens (tertiary/aromatic N) is 4. The predicted octanol–water partition coefficient (Wildman–Crippen LogP) is 4.64. The van der Waals surface area contributed by atoms with E-state index in [-0.39, 0.29) is 0 Å². The summed E-state index contributed by atoms with van der Waals surface area (Å²) >= 11 is 3.50. The molecule has 0 unspecified atom stereocenters. The Bertz CT molecular complexity index is 1230. The van der Waals surface area contributed by atoms with Crippen LogP contribution in [-0.2, 0) is 0 Å². The summed E-state index contributed by atoms with van der Waals surface area (Å²) in [5.41, 5.74) is 5.18. The molecule has 0 bridgehead atoms. The molecule has 23 heavy (non-hydrogen) atoms. The number of benzene rings is 2. The summed E-state index contributed by atoms with van der Waals surface area (Å²) in [6, 6.07) is 13.8. The van der Waals surface area contributed by atoms with Crippen molar-refractivity contribution in [3.8, 4) is 0 Å². The van der Waals surface area contributed by atoms with Crippen LogP contribution in [0.4, 0.5) is 0 Å². The monoisotopic (exact) mass is 360 g/mol. The molecule has 5 aromatic rings. The summed E-state index contributed by atoms with van der Waals surface area (Å²) < 4.78 is 0.989. The zero-order chi connectivity index (χ0) is 15.4. The fraction of sp³-hybridized carbons (Fsp3) is 0. The highest BCUT2D eigenvalue weighted by Gasteiger charge is 2.13. The van der Waals surface area contributed by atoms with Crippen LogP contribution in [0.25, 0.3) is 43.9 Å². The molecule has 0 amide bonds. The molecule has 3 heterocycles. The van der Waals surface area contributed by atoms with E-state index in [0.29, 0.717) is 0 Å². The number of halogens is 1. The average molecular weight is 361 g/mol. The second kappa shape index (κ2) is 4.67. The van der Waals surface area contributed by atoms with Crippen molar-refractivity contribution < 1.29 is 0 Å². The molecule has 5 rings (SSSR count). The van der Waals surface area contributed by atoms with Gasteiger partial charge in [-0.1, -0.05) is 15.9 Å². The van der Waals surface area contributed by atoms with Crippen molar-refractivity contribution in [1.82, 2.24) is 19.9 Å². The van der Waals surface area contributed by atoms with Crippen molar-refractivity contribution in [3.63, 3.8) is 0 Å². The molecule has 0 aliphatic rings. The Labute approximate surface area is 139 Å². The summed E-state index contributed by atoms with van der Waals surface area (Å²) in [6.07, 6.45) is 3.57. The van der Waals surface area contributed by atoms with E-state index in [1.807, 2.05) is 42.5 Å². The number of hydrogen-bond donors (Lipinski definition) is 0. The number of rotatable bonds is 0. The lowest BCUT2D eigenvalue weighted by atomic mass is 10.1. The van der Waals surface area contributed by atoms with Crippen LogP contribution in [0.15, 0.2) is 59.3 Å². The number of hydrogen-bond acceptors (Lipinski definition) is 4. The average Bonchev–Trinajstić information content (AvgIpc) is 2.60. The summed E-state index contributed by atoms with van der Waals surface area (Å²) in [6.45, 7) is 0. The second-order valence-electron chi connectivity index (χ2n) is 5.35. The minimum Gasteiger partial charge on any atom is -0.254 e. The van der Waals surface area contributed by atoms with Crippen molar-refractivity contribution in [1.29, 1.82) is 0 Å². The van der Waals surface area contributed by atoms with E-state index < -0.39 is 0 Å². The molecule has 0 saturated carbocycles. The van der Waals surface area contributed by atoms with Crippen LogP contribution in [0.2, 0.25) is 0 Å². The quantitative estimate of drug-likeness (QED) is 0.298. The van der Waals surface area contributed by atoms with Gasteiger partial charge in [-0.15, -0.1) is 0 Å². The van der Waals surface area contributed by atoms with Crippen molar-refractivity contribution in [2.45, 2.75) is 0 Å². The maximum Gasteiger partial charge on any atom is 0.0996 e. The third-order valence-electron chi connectivity index (χ3n) is 3.98. The highest BCUT2D eigenvalue weighted by molar-refractivity contribution is 9.10. The predicted molar refractivity (Wildman–Crippen MR) is 95.3 cm³/mol. The first kappa shape index (κ1) is 12.8. The van der Waals surface area contributed by atoms with Gasteiger partial charge in [-0.25, -0.2) is 9.97 Å². The van der Waals surface area contributed by atoms with Crippen molar-refractivity contribution >= 4 is 59.8 Å². The summed E-state index contributed by atoms with van der Waals surface area (Å²) in [5.74, 6) is 0. The molecule has 0 saturated heterocycles. The molecule has 0 atom stereocenters. The third kappa shape index (κ3) is 1.83. The van der Waals surface area contributed by atoms with E-state index in [4.69, 9.17) is 9.97 Å². The topological polar surface area (TPSA) is 51.6 Å². The van der Waals surface area contributed by atoms with E-state index >= 15 is 0 Å². The highest BCUT2D eigenvalue weighted by Crippen LogP contribution is 2.32. The smallest absolute Gasteiger partial charge is 0.0996 e. The number of aromatic nitrogens is 4. The van der Waals surface area contributed by atoms with Gasteiger partial charge in [-0.2, -0.15) is 0 Å². The minimum absolute atomic E-state index is 0.860. The first-order valence-electron chi connectivity index (χ1n) is 7.20. The fourth-order valence-electron chi connectivity index (χ4n) is 2.97. The molecule has 3 aromatic heterocycles. The van der Waals surface area contributed by atoms with Gasteiger partial charge in [0.2, 0.25) is 0 Å².